The highest BCUT2D eigenvalue weighted by atomic mass is 16.5. The molecule has 0 unspecified atom stereocenters. The van der Waals surface area contributed by atoms with Crippen molar-refractivity contribution in [1.29, 1.82) is 0 Å². The van der Waals surface area contributed by atoms with Crippen molar-refractivity contribution in [3.05, 3.63) is 29.8 Å². The molecule has 0 aromatic heterocycles. The zero-order valence-corrected chi connectivity index (χ0v) is 13.6. The van der Waals surface area contributed by atoms with E-state index in [-0.39, 0.29) is 5.78 Å². The summed E-state index contributed by atoms with van der Waals surface area (Å²) in [6.45, 7) is 3.72. The molecule has 120 valence electrons. The van der Waals surface area contributed by atoms with E-state index in [0.717, 1.165) is 31.5 Å². The average molecular weight is 301 g/mol. The molecule has 0 bridgehead atoms. The van der Waals surface area contributed by atoms with Crippen LogP contribution in [0.2, 0.25) is 0 Å². The van der Waals surface area contributed by atoms with Gasteiger partial charge in [-0.3, -0.25) is 4.79 Å². The van der Waals surface area contributed by atoms with Crippen molar-refractivity contribution in [1.82, 2.24) is 0 Å². The van der Waals surface area contributed by atoms with Gasteiger partial charge in [-0.05, 0) is 56.9 Å². The van der Waals surface area contributed by atoms with Gasteiger partial charge in [0.05, 0.1) is 12.2 Å². The van der Waals surface area contributed by atoms with Crippen LogP contribution in [0.5, 0.6) is 0 Å². The normalized spacial score (nSPS) is 21.0. The summed E-state index contributed by atoms with van der Waals surface area (Å²) in [4.78, 5) is 13.7. The molecule has 1 heterocycles. The second kappa shape index (κ2) is 7.28. The Hall–Kier alpha value is -1.35. The average Bonchev–Trinajstić information content (AvgIpc) is 2.57. The van der Waals surface area contributed by atoms with Gasteiger partial charge in [-0.15, -0.1) is 0 Å². The van der Waals surface area contributed by atoms with Crippen LogP contribution in [0, 0.1) is 0 Å². The molecular weight excluding hydrogens is 274 g/mol. The molecule has 2 fully saturated rings. The summed E-state index contributed by atoms with van der Waals surface area (Å²) in [5, 5.41) is 0. The Kier molecular flexibility index (Phi) is 5.14. The quantitative estimate of drug-likeness (QED) is 0.780. The predicted octanol–water partition coefficient (Wildman–Crippen LogP) is 4.21. The number of anilines is 1. The van der Waals surface area contributed by atoms with Crippen LogP contribution < -0.4 is 4.90 Å². The van der Waals surface area contributed by atoms with Crippen molar-refractivity contribution in [2.24, 2.45) is 0 Å². The van der Waals surface area contributed by atoms with Gasteiger partial charge in [0.2, 0.25) is 0 Å². The van der Waals surface area contributed by atoms with Gasteiger partial charge in [-0.2, -0.15) is 0 Å². The lowest BCUT2D eigenvalue weighted by atomic mass is 9.97. The summed E-state index contributed by atoms with van der Waals surface area (Å²) in [5.74, 6) is 0.131. The lowest BCUT2D eigenvalue weighted by molar-refractivity contribution is -0.0395. The number of hydrogen-bond donors (Lipinski definition) is 0. The van der Waals surface area contributed by atoms with Gasteiger partial charge in [0.1, 0.15) is 0 Å². The fourth-order valence-electron chi connectivity index (χ4n) is 3.63. The number of Topliss-reactive ketones (excluding diaryl/α,β-unsaturated/α-hetero) is 1. The van der Waals surface area contributed by atoms with Gasteiger partial charge in [-0.25, -0.2) is 0 Å². The number of carbonyl (C=O) groups is 1. The minimum Gasteiger partial charge on any atom is -0.375 e. The van der Waals surface area contributed by atoms with Crippen molar-refractivity contribution in [3.63, 3.8) is 0 Å². The number of rotatable bonds is 4. The highest BCUT2D eigenvalue weighted by Gasteiger charge is 2.24. The fourth-order valence-corrected chi connectivity index (χ4v) is 3.63. The van der Waals surface area contributed by atoms with Crippen LogP contribution in [-0.4, -0.2) is 31.1 Å². The minimum atomic E-state index is 0.131. The number of nitrogens with zero attached hydrogens (tertiary/aromatic N) is 1. The Morgan fingerprint density at radius 3 is 2.14 bits per heavy atom. The first-order valence-electron chi connectivity index (χ1n) is 8.74. The summed E-state index contributed by atoms with van der Waals surface area (Å²) in [6.07, 6.45) is 9.76. The van der Waals surface area contributed by atoms with E-state index >= 15 is 0 Å². The minimum absolute atomic E-state index is 0.131. The number of benzene rings is 1. The number of ether oxygens (including phenoxy) is 1. The molecule has 0 spiro atoms. The zero-order valence-electron chi connectivity index (χ0n) is 13.6. The van der Waals surface area contributed by atoms with Gasteiger partial charge < -0.3 is 9.64 Å². The monoisotopic (exact) mass is 301 g/mol. The number of ketones is 1. The second-order valence-electron chi connectivity index (χ2n) is 6.69. The van der Waals surface area contributed by atoms with Crippen molar-refractivity contribution >= 4 is 11.5 Å². The summed E-state index contributed by atoms with van der Waals surface area (Å²) >= 11 is 0. The standard InChI is InChI=1S/C19H27NO2/c1-15(21)16-7-9-17(10-8-16)20-13-11-19(12-14-20)22-18-5-3-2-4-6-18/h7-10,18-19H,2-6,11-14H2,1H3. The van der Waals surface area contributed by atoms with E-state index in [4.69, 9.17) is 4.74 Å². The van der Waals surface area contributed by atoms with Gasteiger partial charge >= 0.3 is 0 Å². The van der Waals surface area contributed by atoms with E-state index in [2.05, 4.69) is 17.0 Å². The molecule has 1 aromatic rings. The molecule has 3 nitrogen and oxygen atoms in total. The van der Waals surface area contributed by atoms with Crippen LogP contribution >= 0.6 is 0 Å². The third kappa shape index (κ3) is 3.89. The fraction of sp³-hybridized carbons (Fsp3) is 0.632. The first-order chi connectivity index (χ1) is 10.7. The zero-order chi connectivity index (χ0) is 15.4. The molecule has 1 saturated carbocycles. The Bertz CT molecular complexity index is 483. The summed E-state index contributed by atoms with van der Waals surface area (Å²) in [6, 6.07) is 8.00. The first kappa shape index (κ1) is 15.5. The molecule has 0 radical (unpaired) electrons. The van der Waals surface area contributed by atoms with E-state index in [1.165, 1.54) is 37.8 Å². The maximum atomic E-state index is 11.3. The topological polar surface area (TPSA) is 29.5 Å². The lowest BCUT2D eigenvalue weighted by Crippen LogP contribution is -2.38. The SMILES string of the molecule is CC(=O)c1ccc(N2CCC(OC3CCCCC3)CC2)cc1. The van der Waals surface area contributed by atoms with E-state index < -0.39 is 0 Å². The van der Waals surface area contributed by atoms with Crippen LogP contribution in [0.15, 0.2) is 24.3 Å². The maximum absolute atomic E-state index is 11.3. The maximum Gasteiger partial charge on any atom is 0.159 e. The van der Waals surface area contributed by atoms with E-state index in [0.29, 0.717) is 12.2 Å². The number of carbonyl (C=O) groups excluding carboxylic acids is 1. The summed E-state index contributed by atoms with van der Waals surface area (Å²) < 4.78 is 6.30. The van der Waals surface area contributed by atoms with Crippen LogP contribution in [0.3, 0.4) is 0 Å². The Morgan fingerprint density at radius 2 is 1.55 bits per heavy atom. The van der Waals surface area contributed by atoms with Crippen molar-refractivity contribution in [3.8, 4) is 0 Å². The molecule has 1 aromatic carbocycles. The van der Waals surface area contributed by atoms with Gasteiger partial charge in [0, 0.05) is 24.3 Å². The first-order valence-corrected chi connectivity index (χ1v) is 8.74. The van der Waals surface area contributed by atoms with Crippen LogP contribution in [0.4, 0.5) is 5.69 Å². The van der Waals surface area contributed by atoms with E-state index in [9.17, 15) is 4.79 Å². The molecule has 0 amide bonds. The molecule has 3 rings (SSSR count). The van der Waals surface area contributed by atoms with E-state index in [1.807, 2.05) is 12.1 Å². The molecule has 3 heteroatoms. The molecule has 0 N–H and O–H groups in total. The predicted molar refractivity (Wildman–Crippen MR) is 89.6 cm³/mol. The van der Waals surface area contributed by atoms with Gasteiger partial charge in [0.15, 0.2) is 5.78 Å². The van der Waals surface area contributed by atoms with Crippen LogP contribution in [0.1, 0.15) is 62.2 Å². The molecule has 1 aliphatic carbocycles. The smallest absolute Gasteiger partial charge is 0.159 e. The largest absolute Gasteiger partial charge is 0.375 e. The van der Waals surface area contributed by atoms with Gasteiger partial charge in [-0.1, -0.05) is 19.3 Å². The molecule has 22 heavy (non-hydrogen) atoms. The van der Waals surface area contributed by atoms with E-state index in [1.54, 1.807) is 6.92 Å². The highest BCUT2D eigenvalue weighted by molar-refractivity contribution is 5.94. The Balaban J connectivity index is 1.49. The molecular formula is C19H27NO2. The third-order valence-corrected chi connectivity index (χ3v) is 5.02. The van der Waals surface area contributed by atoms with Crippen molar-refractivity contribution in [2.75, 3.05) is 18.0 Å². The van der Waals surface area contributed by atoms with Crippen LogP contribution in [-0.2, 0) is 4.74 Å². The van der Waals surface area contributed by atoms with Crippen molar-refractivity contribution < 1.29 is 9.53 Å². The Morgan fingerprint density at radius 1 is 0.955 bits per heavy atom. The summed E-state index contributed by atoms with van der Waals surface area (Å²) in [5.41, 5.74) is 2.01. The molecule has 1 saturated heterocycles. The highest BCUT2D eigenvalue weighted by Crippen LogP contribution is 2.26. The summed E-state index contributed by atoms with van der Waals surface area (Å²) in [7, 11) is 0. The molecule has 1 aliphatic heterocycles. The van der Waals surface area contributed by atoms with Crippen molar-refractivity contribution in [2.45, 2.75) is 64.1 Å². The van der Waals surface area contributed by atoms with Crippen LogP contribution in [0.25, 0.3) is 0 Å². The molecule has 2 aliphatic rings. The third-order valence-electron chi connectivity index (χ3n) is 5.02. The van der Waals surface area contributed by atoms with Gasteiger partial charge in [0.25, 0.3) is 0 Å². The molecule has 0 atom stereocenters. The number of hydrogen-bond acceptors (Lipinski definition) is 3. The lowest BCUT2D eigenvalue weighted by Gasteiger charge is -2.36. The number of piperidine rings is 1. The second-order valence-corrected chi connectivity index (χ2v) is 6.69. The Labute approximate surface area is 133 Å².